The summed E-state index contributed by atoms with van der Waals surface area (Å²) in [6.45, 7) is 1.02. The van der Waals surface area contributed by atoms with E-state index in [0.29, 0.717) is 24.4 Å². The quantitative estimate of drug-likeness (QED) is 0.851. The number of hydrogen-bond acceptors (Lipinski definition) is 3. The number of likely N-dealkylation sites (tertiary alicyclic amines) is 1. The number of rotatable bonds is 1. The Hall–Kier alpha value is -2.24. The fraction of sp³-hybridized carbons (Fsp3) is 0.579. The van der Waals surface area contributed by atoms with Crippen LogP contribution in [0.5, 0.6) is 5.75 Å². The van der Waals surface area contributed by atoms with Crippen molar-refractivity contribution in [1.82, 2.24) is 15.1 Å². The Morgan fingerprint density at radius 2 is 1.92 bits per heavy atom. The summed E-state index contributed by atoms with van der Waals surface area (Å²) in [7, 11) is 1.80. The molecule has 1 N–H and O–H groups in total. The van der Waals surface area contributed by atoms with Gasteiger partial charge in [-0.05, 0) is 25.0 Å². The van der Waals surface area contributed by atoms with E-state index < -0.39 is 0 Å². The molecule has 2 atom stereocenters. The summed E-state index contributed by atoms with van der Waals surface area (Å²) in [6, 6.07) is 7.48. The van der Waals surface area contributed by atoms with Crippen molar-refractivity contribution in [2.75, 3.05) is 20.1 Å². The lowest BCUT2D eigenvalue weighted by Gasteiger charge is -2.27. The number of carbonyl (C=O) groups excluding carboxylic acids is 2. The summed E-state index contributed by atoms with van der Waals surface area (Å²) in [5.41, 5.74) is 0.595. The molecule has 25 heavy (non-hydrogen) atoms. The van der Waals surface area contributed by atoms with Crippen molar-refractivity contribution in [3.8, 4) is 5.75 Å². The fourth-order valence-electron chi connectivity index (χ4n) is 4.17. The van der Waals surface area contributed by atoms with Crippen LogP contribution in [0, 0.1) is 0 Å². The van der Waals surface area contributed by atoms with Gasteiger partial charge in [-0.15, -0.1) is 0 Å². The maximum Gasteiger partial charge on any atom is 0.317 e. The fourth-order valence-corrected chi connectivity index (χ4v) is 4.17. The predicted octanol–water partition coefficient (Wildman–Crippen LogP) is 2.25. The van der Waals surface area contributed by atoms with Crippen LogP contribution in [0.3, 0.4) is 0 Å². The zero-order valence-electron chi connectivity index (χ0n) is 14.6. The van der Waals surface area contributed by atoms with Crippen LogP contribution in [0.25, 0.3) is 0 Å². The van der Waals surface area contributed by atoms with Gasteiger partial charge in [0.1, 0.15) is 11.9 Å². The number of benzene rings is 1. The molecule has 0 bridgehead atoms. The summed E-state index contributed by atoms with van der Waals surface area (Å²) in [4.78, 5) is 28.9. The number of likely N-dealkylation sites (N-methyl/N-ethyl adjacent to an activating group) is 1. The largest absolute Gasteiger partial charge is 0.486 e. The number of fused-ring (bicyclic) bond motifs is 2. The minimum atomic E-state index is -0.185. The monoisotopic (exact) mass is 343 g/mol. The standard InChI is InChI=1S/C19H25N3O3/c1-21-15-11-22(19(24)20-13-7-3-2-4-8-13)12-17(15)25-16-10-6-5-9-14(16)18(21)23/h5-6,9-10,13,15,17H,2-4,7-8,11-12H2,1H3,(H,20,24)/t15-,17+/m1/s1. The molecule has 134 valence electrons. The van der Waals surface area contributed by atoms with Gasteiger partial charge in [-0.2, -0.15) is 0 Å². The Kier molecular flexibility index (Phi) is 4.27. The number of nitrogens with zero attached hydrogens (tertiary/aromatic N) is 2. The lowest BCUT2D eigenvalue weighted by atomic mass is 9.96. The lowest BCUT2D eigenvalue weighted by Crippen LogP contribution is -2.46. The van der Waals surface area contributed by atoms with Crippen molar-refractivity contribution >= 4 is 11.9 Å². The van der Waals surface area contributed by atoms with E-state index >= 15 is 0 Å². The number of carbonyl (C=O) groups is 2. The average Bonchev–Trinajstić information content (AvgIpc) is 3.02. The number of ether oxygens (including phenoxy) is 1. The molecule has 3 aliphatic rings. The van der Waals surface area contributed by atoms with Crippen LogP contribution < -0.4 is 10.1 Å². The summed E-state index contributed by atoms with van der Waals surface area (Å²) in [6.07, 6.45) is 5.58. The molecule has 0 spiro atoms. The highest BCUT2D eigenvalue weighted by atomic mass is 16.5. The smallest absolute Gasteiger partial charge is 0.317 e. The number of amides is 3. The van der Waals surface area contributed by atoms with Crippen molar-refractivity contribution in [2.45, 2.75) is 50.3 Å². The number of hydrogen-bond donors (Lipinski definition) is 1. The van der Waals surface area contributed by atoms with Crippen LogP contribution in [-0.2, 0) is 0 Å². The zero-order chi connectivity index (χ0) is 17.4. The van der Waals surface area contributed by atoms with Crippen molar-refractivity contribution < 1.29 is 14.3 Å². The molecule has 2 fully saturated rings. The molecule has 3 amide bonds. The van der Waals surface area contributed by atoms with Gasteiger partial charge in [0.05, 0.1) is 18.2 Å². The number of para-hydroxylation sites is 1. The molecular weight excluding hydrogens is 318 g/mol. The van der Waals surface area contributed by atoms with Crippen LogP contribution in [-0.4, -0.2) is 60.1 Å². The first-order valence-corrected chi connectivity index (χ1v) is 9.22. The Morgan fingerprint density at radius 3 is 2.72 bits per heavy atom. The molecule has 4 rings (SSSR count). The summed E-state index contributed by atoms with van der Waals surface area (Å²) in [5, 5.41) is 3.16. The average molecular weight is 343 g/mol. The predicted molar refractivity (Wildman–Crippen MR) is 93.7 cm³/mol. The van der Waals surface area contributed by atoms with E-state index in [0.717, 1.165) is 12.8 Å². The molecule has 0 aromatic heterocycles. The summed E-state index contributed by atoms with van der Waals surface area (Å²) < 4.78 is 6.11. The second-order valence-corrected chi connectivity index (χ2v) is 7.33. The Bertz CT molecular complexity index is 672. The summed E-state index contributed by atoms with van der Waals surface area (Å²) >= 11 is 0. The molecule has 1 aliphatic carbocycles. The second-order valence-electron chi connectivity index (χ2n) is 7.33. The van der Waals surface area contributed by atoms with E-state index in [1.54, 1.807) is 22.9 Å². The minimum Gasteiger partial charge on any atom is -0.486 e. The molecule has 1 aromatic carbocycles. The normalized spacial score (nSPS) is 26.5. The maximum absolute atomic E-state index is 12.7. The molecule has 0 unspecified atom stereocenters. The molecule has 6 nitrogen and oxygen atoms in total. The van der Waals surface area contributed by atoms with Gasteiger partial charge in [0.2, 0.25) is 0 Å². The van der Waals surface area contributed by atoms with Gasteiger partial charge in [-0.3, -0.25) is 4.79 Å². The third-order valence-electron chi connectivity index (χ3n) is 5.67. The number of urea groups is 1. The molecule has 1 saturated carbocycles. The molecule has 6 heteroatoms. The molecule has 1 saturated heterocycles. The van der Waals surface area contributed by atoms with E-state index in [2.05, 4.69) is 5.32 Å². The van der Waals surface area contributed by atoms with E-state index in [1.165, 1.54) is 19.3 Å². The van der Waals surface area contributed by atoms with Crippen LogP contribution in [0.4, 0.5) is 4.79 Å². The Morgan fingerprint density at radius 1 is 1.16 bits per heavy atom. The van der Waals surface area contributed by atoms with Gasteiger partial charge in [0.25, 0.3) is 5.91 Å². The van der Waals surface area contributed by atoms with Crippen LogP contribution in [0.15, 0.2) is 24.3 Å². The van der Waals surface area contributed by atoms with E-state index in [4.69, 9.17) is 4.74 Å². The summed E-state index contributed by atoms with van der Waals surface area (Å²) in [5.74, 6) is 0.569. The third kappa shape index (κ3) is 3.05. The van der Waals surface area contributed by atoms with Crippen molar-refractivity contribution in [1.29, 1.82) is 0 Å². The third-order valence-corrected chi connectivity index (χ3v) is 5.67. The second kappa shape index (κ2) is 6.58. The topological polar surface area (TPSA) is 61.9 Å². The highest BCUT2D eigenvalue weighted by Gasteiger charge is 2.43. The van der Waals surface area contributed by atoms with Gasteiger partial charge in [-0.25, -0.2) is 4.79 Å². The first kappa shape index (κ1) is 16.2. The molecule has 2 aliphatic heterocycles. The first-order chi connectivity index (χ1) is 12.1. The first-order valence-electron chi connectivity index (χ1n) is 9.22. The van der Waals surface area contributed by atoms with Gasteiger partial charge < -0.3 is 19.9 Å². The highest BCUT2D eigenvalue weighted by Crippen LogP contribution is 2.30. The molecule has 0 radical (unpaired) electrons. The zero-order valence-corrected chi connectivity index (χ0v) is 14.6. The van der Waals surface area contributed by atoms with E-state index in [-0.39, 0.29) is 30.1 Å². The maximum atomic E-state index is 12.7. The Labute approximate surface area is 148 Å². The SMILES string of the molecule is CN1C(=O)c2ccccc2O[C@H]2CN(C(=O)NC3CCCCC3)C[C@H]21. The van der Waals surface area contributed by atoms with Gasteiger partial charge in [0, 0.05) is 19.6 Å². The van der Waals surface area contributed by atoms with Crippen LogP contribution in [0.2, 0.25) is 0 Å². The molecular formula is C19H25N3O3. The Balaban J connectivity index is 1.47. The van der Waals surface area contributed by atoms with E-state index in [1.807, 2.05) is 18.2 Å². The van der Waals surface area contributed by atoms with Crippen molar-refractivity contribution in [2.24, 2.45) is 0 Å². The van der Waals surface area contributed by atoms with Crippen molar-refractivity contribution in [3.05, 3.63) is 29.8 Å². The van der Waals surface area contributed by atoms with Crippen LogP contribution >= 0.6 is 0 Å². The highest BCUT2D eigenvalue weighted by molar-refractivity contribution is 5.97. The number of nitrogens with one attached hydrogen (secondary N) is 1. The van der Waals surface area contributed by atoms with Crippen molar-refractivity contribution in [3.63, 3.8) is 0 Å². The molecule has 1 aromatic rings. The van der Waals surface area contributed by atoms with Gasteiger partial charge in [-0.1, -0.05) is 31.4 Å². The molecule has 2 heterocycles. The van der Waals surface area contributed by atoms with Gasteiger partial charge in [0.15, 0.2) is 0 Å². The van der Waals surface area contributed by atoms with Gasteiger partial charge >= 0.3 is 6.03 Å². The van der Waals surface area contributed by atoms with E-state index in [9.17, 15) is 9.59 Å². The van der Waals surface area contributed by atoms with Crippen LogP contribution in [0.1, 0.15) is 42.5 Å². The lowest BCUT2D eigenvalue weighted by molar-refractivity contribution is 0.0682. The minimum absolute atomic E-state index is 0.0299.